The van der Waals surface area contributed by atoms with Crippen molar-refractivity contribution >= 4 is 22.1 Å². The molecule has 2 unspecified atom stereocenters. The molecular weight excluding hydrogens is 240 g/mol. The predicted molar refractivity (Wildman–Crippen MR) is 49.2 cm³/mol. The molecule has 1 aliphatic heterocycles. The van der Waals surface area contributed by atoms with E-state index in [1.54, 1.807) is 0 Å². The standard InChI is InChI=1S/C8H12O7S/c1-5(4-16(11,12)13)7(9)15-6-2-3-14-8(6)10/h5-6H,2-4H2,1H3,(H,11,12,13)/p-1. The molecule has 0 saturated carbocycles. The topological polar surface area (TPSA) is 110 Å². The highest BCUT2D eigenvalue weighted by molar-refractivity contribution is 7.85. The number of rotatable bonds is 4. The van der Waals surface area contributed by atoms with Crippen LogP contribution in [0, 0.1) is 5.92 Å². The molecule has 0 spiro atoms. The lowest BCUT2D eigenvalue weighted by molar-refractivity contribution is -0.162. The first-order valence-electron chi connectivity index (χ1n) is 4.60. The summed E-state index contributed by atoms with van der Waals surface area (Å²) in [5, 5.41) is 0. The molecule has 1 heterocycles. The summed E-state index contributed by atoms with van der Waals surface area (Å²) in [6.07, 6.45) is -0.731. The lowest BCUT2D eigenvalue weighted by Gasteiger charge is -2.15. The van der Waals surface area contributed by atoms with Gasteiger partial charge in [-0.15, -0.1) is 0 Å². The van der Waals surface area contributed by atoms with E-state index in [0.29, 0.717) is 0 Å². The quantitative estimate of drug-likeness (QED) is 0.466. The molecule has 7 nitrogen and oxygen atoms in total. The zero-order valence-electron chi connectivity index (χ0n) is 8.54. The second-order valence-electron chi connectivity index (χ2n) is 3.51. The van der Waals surface area contributed by atoms with Crippen LogP contribution in [0.2, 0.25) is 0 Å². The third-order valence-corrected chi connectivity index (χ3v) is 2.91. The summed E-state index contributed by atoms with van der Waals surface area (Å²) < 4.78 is 40.4. The van der Waals surface area contributed by atoms with E-state index in [0.717, 1.165) is 0 Å². The van der Waals surface area contributed by atoms with Gasteiger partial charge in [-0.25, -0.2) is 13.2 Å². The second-order valence-corrected chi connectivity index (χ2v) is 4.96. The number of cyclic esters (lactones) is 1. The zero-order valence-corrected chi connectivity index (χ0v) is 9.36. The molecule has 0 amide bonds. The Labute approximate surface area is 92.5 Å². The third kappa shape index (κ3) is 3.78. The summed E-state index contributed by atoms with van der Waals surface area (Å²) >= 11 is 0. The van der Waals surface area contributed by atoms with Crippen LogP contribution in [0.15, 0.2) is 0 Å². The van der Waals surface area contributed by atoms with E-state index >= 15 is 0 Å². The van der Waals surface area contributed by atoms with Crippen molar-refractivity contribution in [1.82, 2.24) is 0 Å². The lowest BCUT2D eigenvalue weighted by Crippen LogP contribution is -2.29. The molecule has 0 aromatic carbocycles. The smallest absolute Gasteiger partial charge is 0.347 e. The largest absolute Gasteiger partial charge is 0.748 e. The van der Waals surface area contributed by atoms with E-state index in [-0.39, 0.29) is 13.0 Å². The molecule has 1 saturated heterocycles. The van der Waals surface area contributed by atoms with Crippen LogP contribution in [-0.2, 0) is 29.2 Å². The molecule has 16 heavy (non-hydrogen) atoms. The van der Waals surface area contributed by atoms with Crippen LogP contribution >= 0.6 is 0 Å². The molecule has 1 fully saturated rings. The van der Waals surface area contributed by atoms with E-state index in [9.17, 15) is 22.6 Å². The third-order valence-electron chi connectivity index (χ3n) is 2.00. The first-order valence-corrected chi connectivity index (χ1v) is 6.18. The SMILES string of the molecule is CC(CS(=O)(=O)[O-])C(=O)OC1CCOC1=O. The van der Waals surface area contributed by atoms with Crippen molar-refractivity contribution < 1.29 is 32.0 Å². The van der Waals surface area contributed by atoms with Crippen LogP contribution in [-0.4, -0.2) is 43.4 Å². The minimum Gasteiger partial charge on any atom is -0.748 e. The molecule has 8 heteroatoms. The molecule has 0 aliphatic carbocycles. The predicted octanol–water partition coefficient (Wildman–Crippen LogP) is -0.974. The van der Waals surface area contributed by atoms with Crippen molar-refractivity contribution in [3.05, 3.63) is 0 Å². The minimum atomic E-state index is -4.48. The summed E-state index contributed by atoms with van der Waals surface area (Å²) in [5.74, 6) is -3.46. The molecule has 1 rings (SSSR count). The fourth-order valence-corrected chi connectivity index (χ4v) is 1.96. The van der Waals surface area contributed by atoms with Crippen LogP contribution in [0.1, 0.15) is 13.3 Å². The summed E-state index contributed by atoms with van der Waals surface area (Å²) in [6, 6.07) is 0. The van der Waals surface area contributed by atoms with Crippen LogP contribution in [0.25, 0.3) is 0 Å². The van der Waals surface area contributed by atoms with E-state index in [2.05, 4.69) is 4.74 Å². The minimum absolute atomic E-state index is 0.172. The number of hydrogen-bond donors (Lipinski definition) is 0. The van der Waals surface area contributed by atoms with E-state index < -0.39 is 39.8 Å². The fourth-order valence-electron chi connectivity index (χ4n) is 1.21. The Morgan fingerprint density at radius 1 is 1.69 bits per heavy atom. The Morgan fingerprint density at radius 2 is 2.31 bits per heavy atom. The normalized spacial score (nSPS) is 22.6. The number of hydrogen-bond acceptors (Lipinski definition) is 7. The Hall–Kier alpha value is -1.15. The molecule has 0 aromatic heterocycles. The van der Waals surface area contributed by atoms with Crippen molar-refractivity contribution in [3.8, 4) is 0 Å². The van der Waals surface area contributed by atoms with Crippen molar-refractivity contribution in [2.24, 2.45) is 5.92 Å². The van der Waals surface area contributed by atoms with Crippen molar-refractivity contribution in [3.63, 3.8) is 0 Å². The first kappa shape index (κ1) is 12.9. The van der Waals surface area contributed by atoms with Crippen LogP contribution in [0.4, 0.5) is 0 Å². The molecule has 0 aromatic rings. The van der Waals surface area contributed by atoms with Crippen LogP contribution in [0.3, 0.4) is 0 Å². The lowest BCUT2D eigenvalue weighted by atomic mass is 10.2. The molecule has 92 valence electrons. The maximum Gasteiger partial charge on any atom is 0.347 e. The molecular formula is C8H11O7S-. The highest BCUT2D eigenvalue weighted by Gasteiger charge is 2.31. The van der Waals surface area contributed by atoms with Gasteiger partial charge < -0.3 is 14.0 Å². The molecule has 2 atom stereocenters. The average Bonchev–Trinajstić information content (AvgIpc) is 2.49. The number of ether oxygens (including phenoxy) is 2. The zero-order chi connectivity index (χ0) is 12.3. The van der Waals surface area contributed by atoms with E-state index in [4.69, 9.17) is 4.74 Å². The Morgan fingerprint density at radius 3 is 2.75 bits per heavy atom. The Balaban J connectivity index is 2.49. The van der Waals surface area contributed by atoms with Gasteiger partial charge in [-0.05, 0) is 0 Å². The number of esters is 2. The number of carbonyl (C=O) groups is 2. The monoisotopic (exact) mass is 251 g/mol. The van der Waals surface area contributed by atoms with Gasteiger partial charge in [0.25, 0.3) is 0 Å². The highest BCUT2D eigenvalue weighted by Crippen LogP contribution is 2.13. The Kier molecular flexibility index (Phi) is 3.87. The molecule has 0 bridgehead atoms. The summed E-state index contributed by atoms with van der Waals surface area (Å²) in [6.45, 7) is 1.42. The van der Waals surface area contributed by atoms with Crippen molar-refractivity contribution in [1.29, 1.82) is 0 Å². The van der Waals surface area contributed by atoms with Gasteiger partial charge in [-0.3, -0.25) is 4.79 Å². The van der Waals surface area contributed by atoms with Gasteiger partial charge in [-0.2, -0.15) is 0 Å². The van der Waals surface area contributed by atoms with Gasteiger partial charge >= 0.3 is 11.9 Å². The van der Waals surface area contributed by atoms with Gasteiger partial charge in [0, 0.05) is 6.42 Å². The highest BCUT2D eigenvalue weighted by atomic mass is 32.2. The maximum atomic E-state index is 11.3. The fraction of sp³-hybridized carbons (Fsp3) is 0.750. The van der Waals surface area contributed by atoms with E-state index in [1.807, 2.05) is 0 Å². The van der Waals surface area contributed by atoms with Crippen LogP contribution in [0.5, 0.6) is 0 Å². The Bertz CT molecular complexity index is 385. The van der Waals surface area contributed by atoms with Gasteiger partial charge in [-0.1, -0.05) is 6.92 Å². The summed E-state index contributed by atoms with van der Waals surface area (Å²) in [5.41, 5.74) is 0. The molecule has 1 aliphatic rings. The summed E-state index contributed by atoms with van der Waals surface area (Å²) in [4.78, 5) is 22.2. The number of carbonyl (C=O) groups excluding carboxylic acids is 2. The van der Waals surface area contributed by atoms with Gasteiger partial charge in [0.15, 0.2) is 0 Å². The molecule has 0 N–H and O–H groups in total. The second kappa shape index (κ2) is 4.79. The molecule has 0 radical (unpaired) electrons. The summed E-state index contributed by atoms with van der Waals surface area (Å²) in [7, 11) is -4.48. The van der Waals surface area contributed by atoms with Crippen LogP contribution < -0.4 is 0 Å². The van der Waals surface area contributed by atoms with E-state index in [1.165, 1.54) is 6.92 Å². The average molecular weight is 251 g/mol. The van der Waals surface area contributed by atoms with Gasteiger partial charge in [0.05, 0.1) is 28.4 Å². The van der Waals surface area contributed by atoms with Gasteiger partial charge in [0.2, 0.25) is 6.10 Å². The maximum absolute atomic E-state index is 11.3. The van der Waals surface area contributed by atoms with Crippen molar-refractivity contribution in [2.75, 3.05) is 12.4 Å². The van der Waals surface area contributed by atoms with Gasteiger partial charge in [0.1, 0.15) is 0 Å². The first-order chi connectivity index (χ1) is 7.29. The van der Waals surface area contributed by atoms with Crippen molar-refractivity contribution in [2.45, 2.75) is 19.4 Å².